The molecular weight excluding hydrogens is 262 g/mol. The minimum atomic E-state index is 0.818. The zero-order valence-corrected chi connectivity index (χ0v) is 13.0. The lowest BCUT2D eigenvalue weighted by Crippen LogP contribution is -2.26. The first-order chi connectivity index (χ1) is 10.2. The van der Waals surface area contributed by atoms with Crippen molar-refractivity contribution in [2.75, 3.05) is 12.3 Å². The smallest absolute Gasteiger partial charge is 0.141 e. The molecule has 114 valence electrons. The number of benzene rings is 1. The van der Waals surface area contributed by atoms with Crippen molar-refractivity contribution in [1.82, 2.24) is 19.7 Å². The predicted molar refractivity (Wildman–Crippen MR) is 85.6 cm³/mol. The van der Waals surface area contributed by atoms with Crippen molar-refractivity contribution >= 4 is 5.69 Å². The van der Waals surface area contributed by atoms with Gasteiger partial charge in [-0.3, -0.25) is 4.90 Å². The van der Waals surface area contributed by atoms with Gasteiger partial charge in [-0.2, -0.15) is 5.10 Å². The van der Waals surface area contributed by atoms with Crippen LogP contribution in [0.15, 0.2) is 30.6 Å². The summed E-state index contributed by atoms with van der Waals surface area (Å²) in [6, 6.07) is 8.09. The Morgan fingerprint density at radius 3 is 2.76 bits per heavy atom. The van der Waals surface area contributed by atoms with Crippen LogP contribution >= 0.6 is 0 Å². The fourth-order valence-corrected chi connectivity index (χ4v) is 2.49. The van der Waals surface area contributed by atoms with Crippen LogP contribution in [0.2, 0.25) is 0 Å². The van der Waals surface area contributed by atoms with E-state index in [9.17, 15) is 0 Å². The molecule has 2 rings (SSSR count). The molecule has 0 aliphatic rings. The average molecular weight is 287 g/mol. The van der Waals surface area contributed by atoms with Crippen LogP contribution in [0.25, 0.3) is 0 Å². The van der Waals surface area contributed by atoms with Crippen LogP contribution in [0.4, 0.5) is 5.69 Å². The highest BCUT2D eigenvalue weighted by Gasteiger charge is 2.11. The largest absolute Gasteiger partial charge is 0.399 e. The molecule has 0 aliphatic heterocycles. The highest BCUT2D eigenvalue weighted by molar-refractivity contribution is 5.40. The minimum Gasteiger partial charge on any atom is -0.399 e. The fourth-order valence-electron chi connectivity index (χ4n) is 2.49. The highest BCUT2D eigenvalue weighted by atomic mass is 15.3. The van der Waals surface area contributed by atoms with Gasteiger partial charge in [0.15, 0.2) is 0 Å². The fraction of sp³-hybridized carbons (Fsp3) is 0.500. The molecule has 0 fully saturated rings. The molecule has 0 saturated heterocycles. The molecule has 0 saturated carbocycles. The van der Waals surface area contributed by atoms with Crippen LogP contribution < -0.4 is 5.73 Å². The Balaban J connectivity index is 2.06. The third-order valence-electron chi connectivity index (χ3n) is 3.39. The van der Waals surface area contributed by atoms with Gasteiger partial charge in [0.05, 0.1) is 6.54 Å². The summed E-state index contributed by atoms with van der Waals surface area (Å²) in [7, 11) is 0. The van der Waals surface area contributed by atoms with Gasteiger partial charge in [-0.25, -0.2) is 9.67 Å². The lowest BCUT2D eigenvalue weighted by atomic mass is 10.2. The number of aryl methyl sites for hydroxylation is 1. The number of nitrogens with two attached hydrogens (primary N) is 1. The number of nitrogen functional groups attached to an aromatic ring is 1. The van der Waals surface area contributed by atoms with Crippen molar-refractivity contribution in [1.29, 1.82) is 0 Å². The standard InChI is InChI=1S/C16H25N5/c1-3-8-20(11-14-6-5-7-15(17)10-14)12-16-18-13-19-21(16)9-4-2/h5-7,10,13H,3-4,8-9,11-12,17H2,1-2H3. The van der Waals surface area contributed by atoms with Gasteiger partial charge in [-0.15, -0.1) is 0 Å². The molecule has 0 amide bonds. The summed E-state index contributed by atoms with van der Waals surface area (Å²) < 4.78 is 2.00. The van der Waals surface area contributed by atoms with Crippen molar-refractivity contribution in [3.63, 3.8) is 0 Å². The van der Waals surface area contributed by atoms with E-state index in [1.165, 1.54) is 5.56 Å². The van der Waals surface area contributed by atoms with Crippen LogP contribution in [0.5, 0.6) is 0 Å². The Labute approximate surface area is 126 Å². The van der Waals surface area contributed by atoms with Gasteiger partial charge in [0.1, 0.15) is 12.2 Å². The van der Waals surface area contributed by atoms with Crippen LogP contribution in [0, 0.1) is 0 Å². The predicted octanol–water partition coefficient (Wildman–Crippen LogP) is 2.68. The van der Waals surface area contributed by atoms with Gasteiger partial charge >= 0.3 is 0 Å². The van der Waals surface area contributed by atoms with Gasteiger partial charge in [-0.1, -0.05) is 26.0 Å². The van der Waals surface area contributed by atoms with E-state index in [0.717, 1.165) is 50.5 Å². The Hall–Kier alpha value is -1.88. The zero-order valence-electron chi connectivity index (χ0n) is 13.0. The molecule has 0 atom stereocenters. The third-order valence-corrected chi connectivity index (χ3v) is 3.39. The summed E-state index contributed by atoms with van der Waals surface area (Å²) in [6.45, 7) is 8.02. The van der Waals surface area contributed by atoms with Gasteiger partial charge in [0, 0.05) is 18.8 Å². The molecule has 2 N–H and O–H groups in total. The molecule has 5 nitrogen and oxygen atoms in total. The van der Waals surface area contributed by atoms with E-state index in [1.807, 2.05) is 22.9 Å². The maximum Gasteiger partial charge on any atom is 0.141 e. The second-order valence-electron chi connectivity index (χ2n) is 5.36. The van der Waals surface area contributed by atoms with E-state index in [4.69, 9.17) is 5.73 Å². The Bertz CT molecular complexity index is 549. The molecule has 1 aromatic carbocycles. The van der Waals surface area contributed by atoms with Gasteiger partial charge in [-0.05, 0) is 37.1 Å². The molecule has 2 aromatic rings. The van der Waals surface area contributed by atoms with Crippen LogP contribution in [0.3, 0.4) is 0 Å². The molecular formula is C16H25N5. The number of hydrogen-bond acceptors (Lipinski definition) is 4. The van der Waals surface area contributed by atoms with Crippen LogP contribution in [-0.4, -0.2) is 26.2 Å². The topological polar surface area (TPSA) is 60.0 Å². The molecule has 5 heteroatoms. The van der Waals surface area contributed by atoms with Gasteiger partial charge < -0.3 is 5.73 Å². The summed E-state index contributed by atoms with van der Waals surface area (Å²) >= 11 is 0. The van der Waals surface area contributed by atoms with Gasteiger partial charge in [0.2, 0.25) is 0 Å². The van der Waals surface area contributed by atoms with E-state index >= 15 is 0 Å². The number of hydrogen-bond donors (Lipinski definition) is 1. The maximum absolute atomic E-state index is 5.86. The first-order valence-electron chi connectivity index (χ1n) is 7.66. The minimum absolute atomic E-state index is 0.818. The van der Waals surface area contributed by atoms with E-state index in [-0.39, 0.29) is 0 Å². The molecule has 0 spiro atoms. The normalized spacial score (nSPS) is 11.2. The van der Waals surface area contributed by atoms with Crippen molar-refractivity contribution in [2.24, 2.45) is 0 Å². The SMILES string of the molecule is CCCN(Cc1cccc(N)c1)Cc1ncnn1CCC. The second-order valence-corrected chi connectivity index (χ2v) is 5.36. The molecule has 0 unspecified atom stereocenters. The first kappa shape index (κ1) is 15.5. The monoisotopic (exact) mass is 287 g/mol. The summed E-state index contributed by atoms with van der Waals surface area (Å²) in [6.07, 6.45) is 3.83. The van der Waals surface area contributed by atoms with Crippen molar-refractivity contribution in [3.8, 4) is 0 Å². The van der Waals surface area contributed by atoms with E-state index in [2.05, 4.69) is 34.9 Å². The lowest BCUT2D eigenvalue weighted by molar-refractivity contribution is 0.245. The first-order valence-corrected chi connectivity index (χ1v) is 7.66. The summed E-state index contributed by atoms with van der Waals surface area (Å²) in [5, 5.41) is 4.30. The number of aromatic nitrogens is 3. The molecule has 0 radical (unpaired) electrons. The number of anilines is 1. The summed E-state index contributed by atoms with van der Waals surface area (Å²) in [4.78, 5) is 6.80. The summed E-state index contributed by atoms with van der Waals surface area (Å²) in [5.74, 6) is 1.04. The molecule has 0 aliphatic carbocycles. The van der Waals surface area contributed by atoms with E-state index in [0.29, 0.717) is 0 Å². The Morgan fingerprint density at radius 2 is 2.05 bits per heavy atom. The third kappa shape index (κ3) is 4.56. The molecule has 1 heterocycles. The molecule has 1 aromatic heterocycles. The van der Waals surface area contributed by atoms with E-state index < -0.39 is 0 Å². The van der Waals surface area contributed by atoms with Crippen molar-refractivity contribution in [2.45, 2.75) is 46.3 Å². The zero-order chi connectivity index (χ0) is 15.1. The highest BCUT2D eigenvalue weighted by Crippen LogP contribution is 2.12. The van der Waals surface area contributed by atoms with E-state index in [1.54, 1.807) is 6.33 Å². The lowest BCUT2D eigenvalue weighted by Gasteiger charge is -2.21. The Morgan fingerprint density at radius 1 is 1.19 bits per heavy atom. The quantitative estimate of drug-likeness (QED) is 0.758. The van der Waals surface area contributed by atoms with Gasteiger partial charge in [0.25, 0.3) is 0 Å². The summed E-state index contributed by atoms with van der Waals surface area (Å²) in [5.41, 5.74) is 7.92. The molecule has 0 bridgehead atoms. The second kappa shape index (κ2) is 7.78. The van der Waals surface area contributed by atoms with Crippen LogP contribution in [-0.2, 0) is 19.6 Å². The Kier molecular flexibility index (Phi) is 5.75. The van der Waals surface area contributed by atoms with Crippen LogP contribution in [0.1, 0.15) is 38.1 Å². The maximum atomic E-state index is 5.86. The van der Waals surface area contributed by atoms with Crippen molar-refractivity contribution < 1.29 is 0 Å². The number of nitrogens with zero attached hydrogens (tertiary/aromatic N) is 4. The molecule has 21 heavy (non-hydrogen) atoms. The average Bonchev–Trinajstić information content (AvgIpc) is 2.87. The number of rotatable bonds is 8. The van der Waals surface area contributed by atoms with Crippen molar-refractivity contribution in [3.05, 3.63) is 42.0 Å².